The van der Waals surface area contributed by atoms with E-state index in [4.69, 9.17) is 9.52 Å². The number of nitrogens with zero attached hydrogens (tertiary/aromatic N) is 2. The minimum absolute atomic E-state index is 0.216. The first-order chi connectivity index (χ1) is 10.2. The molecule has 1 unspecified atom stereocenters. The molecule has 0 aliphatic carbocycles. The van der Waals surface area contributed by atoms with Gasteiger partial charge in [0.25, 0.3) is 6.01 Å². The highest BCUT2D eigenvalue weighted by molar-refractivity contribution is 5.92. The number of oxazole rings is 1. The zero-order chi connectivity index (χ0) is 14.4. The predicted molar refractivity (Wildman–Crippen MR) is 77.5 cm³/mol. The van der Waals surface area contributed by atoms with Gasteiger partial charge >= 0.3 is 5.97 Å². The molecule has 5 rings (SSSR count). The van der Waals surface area contributed by atoms with Crippen LogP contribution in [0.15, 0.2) is 22.6 Å². The molecule has 3 saturated heterocycles. The minimum Gasteiger partial charge on any atom is -0.478 e. The van der Waals surface area contributed by atoms with Gasteiger partial charge in [-0.15, -0.1) is 0 Å². The molecular formula is C15H17N3O3. The van der Waals surface area contributed by atoms with Crippen LogP contribution in [0.1, 0.15) is 23.2 Å². The average Bonchev–Trinajstić information content (AvgIpc) is 2.89. The maximum Gasteiger partial charge on any atom is 0.335 e. The normalized spacial score (nSPS) is 27.9. The molecule has 2 N–H and O–H groups in total. The van der Waals surface area contributed by atoms with Crippen molar-refractivity contribution in [2.24, 2.45) is 5.92 Å². The van der Waals surface area contributed by atoms with Gasteiger partial charge in [-0.2, -0.15) is 4.98 Å². The molecule has 21 heavy (non-hydrogen) atoms. The minimum atomic E-state index is -0.958. The Labute approximate surface area is 121 Å². The van der Waals surface area contributed by atoms with Gasteiger partial charge < -0.3 is 19.7 Å². The van der Waals surface area contributed by atoms with Crippen LogP contribution in [-0.2, 0) is 0 Å². The summed E-state index contributed by atoms with van der Waals surface area (Å²) in [7, 11) is 0. The number of fused-ring (bicyclic) bond motifs is 4. The quantitative estimate of drug-likeness (QED) is 0.899. The molecule has 0 spiro atoms. The van der Waals surface area contributed by atoms with Crippen LogP contribution in [0.25, 0.3) is 11.1 Å². The molecule has 0 saturated carbocycles. The monoisotopic (exact) mass is 287 g/mol. The number of aromatic nitrogens is 1. The predicted octanol–water partition coefficient (Wildman–Crippen LogP) is 2.03. The van der Waals surface area contributed by atoms with Crippen molar-refractivity contribution in [1.29, 1.82) is 0 Å². The number of carboxylic acids is 1. The molecule has 3 aliphatic rings. The van der Waals surface area contributed by atoms with E-state index in [1.807, 2.05) is 0 Å². The maximum atomic E-state index is 11.0. The van der Waals surface area contributed by atoms with Gasteiger partial charge in [0.05, 0.1) is 5.56 Å². The molecule has 1 aromatic heterocycles. The number of benzene rings is 1. The lowest BCUT2D eigenvalue weighted by Gasteiger charge is -2.44. The smallest absolute Gasteiger partial charge is 0.335 e. The van der Waals surface area contributed by atoms with E-state index in [-0.39, 0.29) is 5.56 Å². The Hall–Kier alpha value is -2.08. The van der Waals surface area contributed by atoms with E-state index in [0.717, 1.165) is 6.54 Å². The topological polar surface area (TPSA) is 78.6 Å². The largest absolute Gasteiger partial charge is 0.478 e. The van der Waals surface area contributed by atoms with Crippen LogP contribution in [0, 0.1) is 5.92 Å². The fraction of sp³-hybridized carbons (Fsp3) is 0.467. The van der Waals surface area contributed by atoms with Crippen LogP contribution in [-0.4, -0.2) is 46.6 Å². The van der Waals surface area contributed by atoms with E-state index >= 15 is 0 Å². The number of hydrogen-bond donors (Lipinski definition) is 2. The van der Waals surface area contributed by atoms with E-state index in [2.05, 4.69) is 15.2 Å². The van der Waals surface area contributed by atoms with E-state index < -0.39 is 5.97 Å². The molecule has 6 nitrogen and oxygen atoms in total. The molecule has 4 heterocycles. The van der Waals surface area contributed by atoms with Crippen molar-refractivity contribution in [1.82, 2.24) is 9.88 Å². The van der Waals surface area contributed by atoms with Crippen molar-refractivity contribution in [3.8, 4) is 0 Å². The van der Waals surface area contributed by atoms with Crippen LogP contribution in [0.3, 0.4) is 0 Å². The molecule has 3 aliphatic heterocycles. The third-order valence-corrected chi connectivity index (χ3v) is 4.60. The van der Waals surface area contributed by atoms with Gasteiger partial charge in [0.1, 0.15) is 5.52 Å². The average molecular weight is 287 g/mol. The molecule has 1 aromatic carbocycles. The molecule has 6 heteroatoms. The molecule has 110 valence electrons. The van der Waals surface area contributed by atoms with Crippen molar-refractivity contribution in [2.45, 2.75) is 18.9 Å². The second-order valence-corrected chi connectivity index (χ2v) is 5.90. The summed E-state index contributed by atoms with van der Waals surface area (Å²) < 4.78 is 5.67. The van der Waals surface area contributed by atoms with Crippen LogP contribution in [0.4, 0.5) is 6.01 Å². The summed E-state index contributed by atoms with van der Waals surface area (Å²) in [6.07, 6.45) is 2.45. The van der Waals surface area contributed by atoms with Crippen LogP contribution in [0.5, 0.6) is 0 Å². The van der Waals surface area contributed by atoms with E-state index in [1.165, 1.54) is 32.0 Å². The summed E-state index contributed by atoms with van der Waals surface area (Å²) in [6.45, 7) is 3.42. The van der Waals surface area contributed by atoms with E-state index in [9.17, 15) is 4.79 Å². The van der Waals surface area contributed by atoms with Gasteiger partial charge in [-0.3, -0.25) is 0 Å². The van der Waals surface area contributed by atoms with Crippen molar-refractivity contribution < 1.29 is 14.3 Å². The Kier molecular flexibility index (Phi) is 2.85. The SMILES string of the molecule is O=C(O)c1ccc2nc(NC3CN4CCC3CC4)oc2c1. The first-order valence-corrected chi connectivity index (χ1v) is 7.32. The summed E-state index contributed by atoms with van der Waals surface area (Å²) in [6, 6.07) is 5.62. The fourth-order valence-corrected chi connectivity index (χ4v) is 3.41. The van der Waals surface area contributed by atoms with Crippen molar-refractivity contribution in [3.05, 3.63) is 23.8 Å². The number of aromatic carboxylic acids is 1. The lowest BCUT2D eigenvalue weighted by molar-refractivity contribution is 0.0697. The number of carboxylic acid groups (broad SMARTS) is 1. The van der Waals surface area contributed by atoms with Gasteiger partial charge in [0.2, 0.25) is 0 Å². The highest BCUT2D eigenvalue weighted by atomic mass is 16.4. The van der Waals surface area contributed by atoms with Crippen LogP contribution >= 0.6 is 0 Å². The third kappa shape index (κ3) is 2.25. The first-order valence-electron chi connectivity index (χ1n) is 7.32. The first kappa shape index (κ1) is 12.6. The van der Waals surface area contributed by atoms with Crippen molar-refractivity contribution in [2.75, 3.05) is 25.0 Å². The van der Waals surface area contributed by atoms with Crippen LogP contribution < -0.4 is 5.32 Å². The van der Waals surface area contributed by atoms with Gasteiger partial charge in [0, 0.05) is 12.6 Å². The Balaban J connectivity index is 1.58. The van der Waals surface area contributed by atoms with Crippen molar-refractivity contribution >= 4 is 23.1 Å². The highest BCUT2D eigenvalue weighted by Gasteiger charge is 2.34. The second-order valence-electron chi connectivity index (χ2n) is 5.90. The number of piperidine rings is 3. The standard InChI is InChI=1S/C15H17N3O3/c19-14(20)10-1-2-11-13(7-10)21-15(16-11)17-12-8-18-5-3-9(12)4-6-18/h1-2,7,9,12H,3-6,8H2,(H,16,17)(H,19,20). The van der Waals surface area contributed by atoms with Gasteiger partial charge in [0.15, 0.2) is 5.58 Å². The summed E-state index contributed by atoms with van der Waals surface area (Å²) in [5.41, 5.74) is 1.41. The lowest BCUT2D eigenvalue weighted by atomic mass is 9.84. The molecule has 0 radical (unpaired) electrons. The Morgan fingerprint density at radius 3 is 2.86 bits per heavy atom. The number of hydrogen-bond acceptors (Lipinski definition) is 5. The molecule has 1 atom stereocenters. The Morgan fingerprint density at radius 2 is 2.19 bits per heavy atom. The number of rotatable bonds is 3. The molecule has 2 bridgehead atoms. The third-order valence-electron chi connectivity index (χ3n) is 4.60. The van der Waals surface area contributed by atoms with E-state index in [1.54, 1.807) is 12.1 Å². The zero-order valence-electron chi connectivity index (χ0n) is 11.6. The lowest BCUT2D eigenvalue weighted by Crippen LogP contribution is -2.53. The van der Waals surface area contributed by atoms with Crippen LogP contribution in [0.2, 0.25) is 0 Å². The summed E-state index contributed by atoms with van der Waals surface area (Å²) in [4.78, 5) is 17.8. The summed E-state index contributed by atoms with van der Waals surface area (Å²) in [5.74, 6) is -0.278. The maximum absolute atomic E-state index is 11.0. The summed E-state index contributed by atoms with van der Waals surface area (Å²) in [5, 5.41) is 12.4. The van der Waals surface area contributed by atoms with Gasteiger partial charge in [-0.05, 0) is 50.0 Å². The molecule has 2 aromatic rings. The molecule has 3 fully saturated rings. The Bertz CT molecular complexity index is 689. The molecular weight excluding hydrogens is 270 g/mol. The highest BCUT2D eigenvalue weighted by Crippen LogP contribution is 2.30. The number of nitrogens with one attached hydrogen (secondary N) is 1. The molecule has 0 amide bonds. The van der Waals surface area contributed by atoms with E-state index in [0.29, 0.717) is 29.1 Å². The zero-order valence-corrected chi connectivity index (χ0v) is 11.6. The van der Waals surface area contributed by atoms with Crippen molar-refractivity contribution in [3.63, 3.8) is 0 Å². The number of carbonyl (C=O) groups is 1. The fourth-order valence-electron chi connectivity index (χ4n) is 3.41. The van der Waals surface area contributed by atoms with Gasteiger partial charge in [-0.1, -0.05) is 0 Å². The number of anilines is 1. The van der Waals surface area contributed by atoms with Gasteiger partial charge in [-0.25, -0.2) is 4.79 Å². The summed E-state index contributed by atoms with van der Waals surface area (Å²) >= 11 is 0. The Morgan fingerprint density at radius 1 is 1.38 bits per heavy atom. The second kappa shape index (κ2) is 4.73.